The van der Waals surface area contributed by atoms with Gasteiger partial charge >= 0.3 is 0 Å². The van der Waals surface area contributed by atoms with Crippen LogP contribution in [0.2, 0.25) is 5.28 Å². The molecule has 0 spiro atoms. The molecule has 18 heavy (non-hydrogen) atoms. The predicted molar refractivity (Wildman–Crippen MR) is 69.4 cm³/mol. The van der Waals surface area contributed by atoms with Gasteiger partial charge in [0.05, 0.1) is 17.4 Å². The maximum atomic E-state index is 9.04. The number of aromatic amines is 1. The van der Waals surface area contributed by atoms with Gasteiger partial charge in [0.2, 0.25) is 5.28 Å². The third-order valence-electron chi connectivity index (χ3n) is 3.27. The molecular weight excluding hydrogens is 250 g/mol. The highest BCUT2D eigenvalue weighted by Crippen LogP contribution is 2.28. The van der Waals surface area contributed by atoms with E-state index in [2.05, 4.69) is 25.9 Å². The van der Waals surface area contributed by atoms with Crippen LogP contribution in [-0.2, 0) is 0 Å². The van der Waals surface area contributed by atoms with E-state index in [1.165, 1.54) is 0 Å². The number of hydrogen-bond donors (Lipinski definition) is 1. The van der Waals surface area contributed by atoms with E-state index in [1.54, 1.807) is 0 Å². The Morgan fingerprint density at radius 3 is 3.22 bits per heavy atom. The summed E-state index contributed by atoms with van der Waals surface area (Å²) in [6, 6.07) is 4.28. The Bertz CT molecular complexity index is 614. The van der Waals surface area contributed by atoms with Crippen LogP contribution in [-0.4, -0.2) is 28.0 Å². The smallest absolute Gasteiger partial charge is 0.226 e. The van der Waals surface area contributed by atoms with Crippen LogP contribution in [0, 0.1) is 17.2 Å². The number of nitriles is 1. The first-order valence-electron chi connectivity index (χ1n) is 5.93. The fraction of sp³-hybridized carbons (Fsp3) is 0.417. The van der Waals surface area contributed by atoms with Crippen LogP contribution in [0.15, 0.2) is 12.3 Å². The zero-order chi connectivity index (χ0) is 12.5. The van der Waals surface area contributed by atoms with Crippen molar-refractivity contribution in [2.75, 3.05) is 18.0 Å². The van der Waals surface area contributed by atoms with Crippen LogP contribution in [0.3, 0.4) is 0 Å². The summed E-state index contributed by atoms with van der Waals surface area (Å²) in [5.74, 6) is 0.896. The average molecular weight is 262 g/mol. The lowest BCUT2D eigenvalue weighted by Gasteiger charge is -2.30. The number of hydrogen-bond acceptors (Lipinski definition) is 4. The van der Waals surface area contributed by atoms with E-state index < -0.39 is 0 Å². The largest absolute Gasteiger partial charge is 0.355 e. The van der Waals surface area contributed by atoms with Gasteiger partial charge in [-0.15, -0.1) is 0 Å². The summed E-state index contributed by atoms with van der Waals surface area (Å²) in [4.78, 5) is 13.6. The predicted octanol–water partition coefficient (Wildman–Crippen LogP) is 2.35. The number of aromatic nitrogens is 3. The topological polar surface area (TPSA) is 68.6 Å². The van der Waals surface area contributed by atoms with E-state index in [1.807, 2.05) is 12.3 Å². The van der Waals surface area contributed by atoms with Gasteiger partial charge in [-0.25, -0.2) is 0 Å². The van der Waals surface area contributed by atoms with E-state index in [-0.39, 0.29) is 11.2 Å². The van der Waals surface area contributed by atoms with E-state index in [0.29, 0.717) is 6.54 Å². The van der Waals surface area contributed by atoms with Crippen molar-refractivity contribution in [2.45, 2.75) is 12.8 Å². The van der Waals surface area contributed by atoms with Crippen LogP contribution in [0.4, 0.5) is 5.82 Å². The number of anilines is 1. The average Bonchev–Trinajstić information content (AvgIpc) is 2.85. The molecule has 1 aliphatic rings. The Kier molecular flexibility index (Phi) is 2.80. The van der Waals surface area contributed by atoms with Crippen molar-refractivity contribution in [3.63, 3.8) is 0 Å². The number of halogens is 1. The number of nitrogens with one attached hydrogen (secondary N) is 1. The molecule has 1 saturated heterocycles. The van der Waals surface area contributed by atoms with Crippen molar-refractivity contribution in [1.82, 2.24) is 15.0 Å². The monoisotopic (exact) mass is 261 g/mol. The number of piperidine rings is 1. The second-order valence-corrected chi connectivity index (χ2v) is 4.81. The molecule has 1 fully saturated rings. The lowest BCUT2D eigenvalue weighted by Crippen LogP contribution is -2.35. The fourth-order valence-corrected chi connectivity index (χ4v) is 2.58. The quantitative estimate of drug-likeness (QED) is 0.800. The molecular formula is C12H12ClN5. The minimum Gasteiger partial charge on any atom is -0.355 e. The van der Waals surface area contributed by atoms with Crippen molar-refractivity contribution < 1.29 is 0 Å². The molecule has 1 aliphatic heterocycles. The maximum absolute atomic E-state index is 9.04. The van der Waals surface area contributed by atoms with Crippen molar-refractivity contribution >= 4 is 28.5 Å². The second-order valence-electron chi connectivity index (χ2n) is 4.47. The zero-order valence-electron chi connectivity index (χ0n) is 9.73. The molecule has 2 aromatic heterocycles. The molecule has 1 unspecified atom stereocenters. The Morgan fingerprint density at radius 1 is 1.50 bits per heavy atom. The van der Waals surface area contributed by atoms with Crippen molar-refractivity contribution in [3.8, 4) is 6.07 Å². The van der Waals surface area contributed by atoms with E-state index in [9.17, 15) is 0 Å². The van der Waals surface area contributed by atoms with E-state index >= 15 is 0 Å². The molecule has 3 rings (SSSR count). The molecule has 6 heteroatoms. The zero-order valence-corrected chi connectivity index (χ0v) is 10.5. The highest BCUT2D eigenvalue weighted by Gasteiger charge is 2.22. The van der Waals surface area contributed by atoms with Crippen LogP contribution in [0.5, 0.6) is 0 Å². The molecule has 0 aliphatic carbocycles. The summed E-state index contributed by atoms with van der Waals surface area (Å²) in [5, 5.41) is 10.2. The normalized spacial score (nSPS) is 20.0. The molecule has 0 bridgehead atoms. The number of H-pyrrole nitrogens is 1. The third kappa shape index (κ3) is 1.89. The first kappa shape index (κ1) is 11.3. The summed E-state index contributed by atoms with van der Waals surface area (Å²) in [7, 11) is 0. The molecule has 0 radical (unpaired) electrons. The van der Waals surface area contributed by atoms with Gasteiger partial charge in [-0.1, -0.05) is 0 Å². The van der Waals surface area contributed by atoms with Gasteiger partial charge in [0, 0.05) is 19.3 Å². The van der Waals surface area contributed by atoms with Crippen LogP contribution in [0.1, 0.15) is 12.8 Å². The third-order valence-corrected chi connectivity index (χ3v) is 3.44. The number of nitrogens with zero attached hydrogens (tertiary/aromatic N) is 4. The van der Waals surface area contributed by atoms with Crippen molar-refractivity contribution in [3.05, 3.63) is 17.5 Å². The fourth-order valence-electron chi connectivity index (χ4n) is 2.41. The minimum absolute atomic E-state index is 0.0708. The Hall–Kier alpha value is -1.80. The van der Waals surface area contributed by atoms with Gasteiger partial charge in [-0.2, -0.15) is 15.2 Å². The Morgan fingerprint density at radius 2 is 2.39 bits per heavy atom. The van der Waals surface area contributed by atoms with Gasteiger partial charge in [-0.3, -0.25) is 0 Å². The highest BCUT2D eigenvalue weighted by molar-refractivity contribution is 6.28. The molecule has 3 heterocycles. The first-order chi connectivity index (χ1) is 8.78. The van der Waals surface area contributed by atoms with Crippen LogP contribution >= 0.6 is 11.6 Å². The van der Waals surface area contributed by atoms with Gasteiger partial charge in [-0.05, 0) is 30.5 Å². The number of fused-ring (bicyclic) bond motifs is 1. The molecule has 0 amide bonds. The SMILES string of the molecule is N#CC1CCCN(c2nc(Cl)nc3[nH]ccc23)C1. The standard InChI is InChI=1S/C12H12ClN5/c13-12-16-10-9(3-4-15-10)11(17-12)18-5-1-2-8(6-14)7-18/h3-4,8H,1-2,5,7H2,(H,15,16,17). The molecule has 92 valence electrons. The number of rotatable bonds is 1. The van der Waals surface area contributed by atoms with Gasteiger partial charge < -0.3 is 9.88 Å². The Labute approximate surface area is 109 Å². The molecule has 1 N–H and O–H groups in total. The van der Waals surface area contributed by atoms with Crippen LogP contribution < -0.4 is 4.90 Å². The summed E-state index contributed by atoms with van der Waals surface area (Å²) in [5.41, 5.74) is 0.740. The lowest BCUT2D eigenvalue weighted by atomic mass is 9.99. The summed E-state index contributed by atoms with van der Waals surface area (Å²) >= 11 is 5.94. The molecule has 0 aromatic carbocycles. The highest BCUT2D eigenvalue weighted by atomic mass is 35.5. The molecule has 2 aromatic rings. The van der Waals surface area contributed by atoms with Gasteiger partial charge in [0.25, 0.3) is 0 Å². The summed E-state index contributed by atoms with van der Waals surface area (Å²) in [6.45, 7) is 1.62. The molecule has 0 saturated carbocycles. The second kappa shape index (κ2) is 4.46. The van der Waals surface area contributed by atoms with Crippen molar-refractivity contribution in [1.29, 1.82) is 5.26 Å². The minimum atomic E-state index is 0.0708. The van der Waals surface area contributed by atoms with Crippen LogP contribution in [0.25, 0.3) is 11.0 Å². The Balaban J connectivity index is 2.03. The first-order valence-corrected chi connectivity index (χ1v) is 6.31. The van der Waals surface area contributed by atoms with Gasteiger partial charge in [0.1, 0.15) is 11.5 Å². The summed E-state index contributed by atoms with van der Waals surface area (Å²) < 4.78 is 0. The maximum Gasteiger partial charge on any atom is 0.226 e. The van der Waals surface area contributed by atoms with E-state index in [0.717, 1.165) is 36.2 Å². The molecule has 5 nitrogen and oxygen atoms in total. The summed E-state index contributed by atoms with van der Waals surface area (Å²) in [6.07, 6.45) is 3.79. The molecule has 1 atom stereocenters. The van der Waals surface area contributed by atoms with Crippen molar-refractivity contribution in [2.24, 2.45) is 5.92 Å². The lowest BCUT2D eigenvalue weighted by molar-refractivity contribution is 0.491. The van der Waals surface area contributed by atoms with Gasteiger partial charge in [0.15, 0.2) is 0 Å². The van der Waals surface area contributed by atoms with E-state index in [4.69, 9.17) is 16.9 Å².